The highest BCUT2D eigenvalue weighted by Crippen LogP contribution is 2.13. The van der Waals surface area contributed by atoms with Crippen LogP contribution in [0.1, 0.15) is 11.1 Å². The lowest BCUT2D eigenvalue weighted by Crippen LogP contribution is -2.30. The van der Waals surface area contributed by atoms with Crippen molar-refractivity contribution < 1.29 is 13.2 Å². The Hall–Kier alpha value is -2.34. The van der Waals surface area contributed by atoms with Gasteiger partial charge in [0.15, 0.2) is 9.84 Å². The van der Waals surface area contributed by atoms with Crippen molar-refractivity contribution in [2.75, 3.05) is 18.6 Å². The highest BCUT2D eigenvalue weighted by molar-refractivity contribution is 7.89. The van der Waals surface area contributed by atoms with Gasteiger partial charge in [0, 0.05) is 25.5 Å². The molecule has 0 fully saturated rings. The Kier molecular flexibility index (Phi) is 5.39. The van der Waals surface area contributed by atoms with Gasteiger partial charge in [-0.05, 0) is 23.3 Å². The van der Waals surface area contributed by atoms with E-state index in [0.717, 1.165) is 5.56 Å². The number of amides is 2. The molecule has 0 atom stereocenters. The van der Waals surface area contributed by atoms with Crippen LogP contribution in [-0.2, 0) is 22.1 Å². The van der Waals surface area contributed by atoms with Crippen LogP contribution in [0.2, 0.25) is 0 Å². The first kappa shape index (κ1) is 17.0. The van der Waals surface area contributed by atoms with Crippen molar-refractivity contribution in [3.05, 3.63) is 65.7 Å². The van der Waals surface area contributed by atoms with Gasteiger partial charge in [-0.1, -0.05) is 42.5 Å². The van der Waals surface area contributed by atoms with Crippen LogP contribution in [-0.4, -0.2) is 32.7 Å². The Balaban J connectivity index is 1.94. The van der Waals surface area contributed by atoms with E-state index in [2.05, 4.69) is 5.32 Å². The van der Waals surface area contributed by atoms with Crippen molar-refractivity contribution in [1.29, 1.82) is 0 Å². The second-order valence-corrected chi connectivity index (χ2v) is 7.68. The van der Waals surface area contributed by atoms with Gasteiger partial charge in [0.05, 0.1) is 5.75 Å². The van der Waals surface area contributed by atoms with Crippen LogP contribution in [0, 0.1) is 0 Å². The second-order valence-electron chi connectivity index (χ2n) is 5.54. The molecule has 2 amide bonds. The van der Waals surface area contributed by atoms with Gasteiger partial charge in [-0.25, -0.2) is 13.2 Å². The van der Waals surface area contributed by atoms with Gasteiger partial charge in [-0.15, -0.1) is 0 Å². The SMILES string of the molecule is CN(Cc1ccccc1)C(=O)Nc1ccc(CS(C)(=O)=O)cc1. The average molecular weight is 332 g/mol. The summed E-state index contributed by atoms with van der Waals surface area (Å²) in [5.74, 6) is -0.00483. The Labute approximate surface area is 136 Å². The molecule has 2 aromatic carbocycles. The molecule has 1 N–H and O–H groups in total. The number of sulfone groups is 1. The van der Waals surface area contributed by atoms with Crippen molar-refractivity contribution in [2.45, 2.75) is 12.3 Å². The van der Waals surface area contributed by atoms with E-state index in [1.54, 1.807) is 36.2 Å². The maximum absolute atomic E-state index is 12.1. The van der Waals surface area contributed by atoms with E-state index in [1.807, 2.05) is 30.3 Å². The predicted molar refractivity (Wildman–Crippen MR) is 91.9 cm³/mol. The van der Waals surface area contributed by atoms with E-state index in [0.29, 0.717) is 17.8 Å². The highest BCUT2D eigenvalue weighted by Gasteiger charge is 2.10. The largest absolute Gasteiger partial charge is 0.323 e. The Morgan fingerprint density at radius 2 is 1.61 bits per heavy atom. The summed E-state index contributed by atoms with van der Waals surface area (Å²) in [4.78, 5) is 13.7. The molecular weight excluding hydrogens is 312 g/mol. The van der Waals surface area contributed by atoms with Crippen LogP contribution >= 0.6 is 0 Å². The molecule has 0 aliphatic carbocycles. The molecule has 23 heavy (non-hydrogen) atoms. The summed E-state index contributed by atoms with van der Waals surface area (Å²) in [6.45, 7) is 0.513. The number of carbonyl (C=O) groups is 1. The third-order valence-corrected chi connectivity index (χ3v) is 4.10. The van der Waals surface area contributed by atoms with Crippen LogP contribution in [0.4, 0.5) is 10.5 Å². The van der Waals surface area contributed by atoms with E-state index >= 15 is 0 Å². The molecular formula is C17H20N2O3S. The van der Waals surface area contributed by atoms with Crippen LogP contribution in [0.25, 0.3) is 0 Å². The normalized spacial score (nSPS) is 11.0. The number of nitrogens with zero attached hydrogens (tertiary/aromatic N) is 1. The van der Waals surface area contributed by atoms with Gasteiger partial charge >= 0.3 is 6.03 Å². The number of urea groups is 1. The summed E-state index contributed by atoms with van der Waals surface area (Å²) in [6, 6.07) is 16.3. The minimum absolute atomic E-state index is 0.00483. The number of nitrogens with one attached hydrogen (secondary N) is 1. The van der Waals surface area contributed by atoms with Crippen molar-refractivity contribution in [2.24, 2.45) is 0 Å². The van der Waals surface area contributed by atoms with Crippen molar-refractivity contribution in [3.8, 4) is 0 Å². The molecule has 0 saturated heterocycles. The molecule has 0 saturated carbocycles. The number of anilines is 1. The van der Waals surface area contributed by atoms with Crippen LogP contribution in [0.5, 0.6) is 0 Å². The standard InChI is InChI=1S/C17H20N2O3S/c1-19(12-14-6-4-3-5-7-14)17(20)18-16-10-8-15(9-11-16)13-23(2,21)22/h3-11H,12-13H2,1-2H3,(H,18,20). The third-order valence-electron chi connectivity index (χ3n) is 3.24. The number of carbonyl (C=O) groups excluding carboxylic acids is 1. The molecule has 0 aromatic heterocycles. The zero-order valence-corrected chi connectivity index (χ0v) is 14.0. The Morgan fingerprint density at radius 3 is 2.17 bits per heavy atom. The lowest BCUT2D eigenvalue weighted by molar-refractivity contribution is 0.220. The van der Waals surface area contributed by atoms with Crippen LogP contribution < -0.4 is 5.32 Å². The molecule has 122 valence electrons. The fourth-order valence-corrected chi connectivity index (χ4v) is 2.93. The number of hydrogen-bond acceptors (Lipinski definition) is 3. The molecule has 2 aromatic rings. The Morgan fingerprint density at radius 1 is 1.00 bits per heavy atom. The third kappa shape index (κ3) is 5.75. The van der Waals surface area contributed by atoms with E-state index in [-0.39, 0.29) is 11.8 Å². The minimum atomic E-state index is -3.06. The highest BCUT2D eigenvalue weighted by atomic mass is 32.2. The molecule has 6 heteroatoms. The molecule has 2 rings (SSSR count). The molecule has 5 nitrogen and oxygen atoms in total. The molecule has 0 heterocycles. The first-order valence-electron chi connectivity index (χ1n) is 7.16. The molecule has 0 aliphatic rings. The molecule has 0 spiro atoms. The van der Waals surface area contributed by atoms with Gasteiger partial charge in [-0.3, -0.25) is 0 Å². The van der Waals surface area contributed by atoms with Crippen molar-refractivity contribution in [1.82, 2.24) is 4.90 Å². The first-order chi connectivity index (χ1) is 10.8. The fraction of sp³-hybridized carbons (Fsp3) is 0.235. The number of rotatable bonds is 5. The molecule has 0 aliphatic heterocycles. The summed E-state index contributed by atoms with van der Waals surface area (Å²) >= 11 is 0. The number of benzene rings is 2. The van der Waals surface area contributed by atoms with Gasteiger partial charge < -0.3 is 10.2 Å². The van der Waals surface area contributed by atoms with E-state index < -0.39 is 9.84 Å². The van der Waals surface area contributed by atoms with Crippen molar-refractivity contribution >= 4 is 21.6 Å². The molecule has 0 unspecified atom stereocenters. The number of hydrogen-bond donors (Lipinski definition) is 1. The lowest BCUT2D eigenvalue weighted by atomic mass is 10.2. The van der Waals surface area contributed by atoms with Crippen molar-refractivity contribution in [3.63, 3.8) is 0 Å². The maximum Gasteiger partial charge on any atom is 0.321 e. The first-order valence-corrected chi connectivity index (χ1v) is 9.22. The quantitative estimate of drug-likeness (QED) is 0.915. The minimum Gasteiger partial charge on any atom is -0.323 e. The summed E-state index contributed by atoms with van der Waals surface area (Å²) < 4.78 is 22.5. The average Bonchev–Trinajstić information content (AvgIpc) is 2.48. The monoisotopic (exact) mass is 332 g/mol. The summed E-state index contributed by atoms with van der Waals surface area (Å²) in [7, 11) is -1.33. The van der Waals surface area contributed by atoms with E-state index in [4.69, 9.17) is 0 Å². The smallest absolute Gasteiger partial charge is 0.321 e. The Bertz CT molecular complexity index is 756. The summed E-state index contributed by atoms with van der Waals surface area (Å²) in [5, 5.41) is 2.79. The maximum atomic E-state index is 12.1. The fourth-order valence-electron chi connectivity index (χ4n) is 2.14. The lowest BCUT2D eigenvalue weighted by Gasteiger charge is -2.18. The zero-order chi connectivity index (χ0) is 16.9. The predicted octanol–water partition coefficient (Wildman–Crippen LogP) is 2.90. The van der Waals surface area contributed by atoms with Gasteiger partial charge in [-0.2, -0.15) is 0 Å². The van der Waals surface area contributed by atoms with Crippen LogP contribution in [0.15, 0.2) is 54.6 Å². The van der Waals surface area contributed by atoms with E-state index in [1.165, 1.54) is 6.26 Å². The summed E-state index contributed by atoms with van der Waals surface area (Å²) in [5.41, 5.74) is 2.38. The molecule has 0 bridgehead atoms. The summed E-state index contributed by atoms with van der Waals surface area (Å²) in [6.07, 6.45) is 1.20. The second kappa shape index (κ2) is 7.28. The van der Waals surface area contributed by atoms with Crippen LogP contribution in [0.3, 0.4) is 0 Å². The van der Waals surface area contributed by atoms with Gasteiger partial charge in [0.1, 0.15) is 0 Å². The topological polar surface area (TPSA) is 66.5 Å². The van der Waals surface area contributed by atoms with Gasteiger partial charge in [0.25, 0.3) is 0 Å². The zero-order valence-electron chi connectivity index (χ0n) is 13.2. The molecule has 0 radical (unpaired) electrons. The van der Waals surface area contributed by atoms with Gasteiger partial charge in [0.2, 0.25) is 0 Å². The van der Waals surface area contributed by atoms with E-state index in [9.17, 15) is 13.2 Å².